The molecule has 1 N–H and O–H groups in total. The lowest BCUT2D eigenvalue weighted by atomic mass is 10.2. The summed E-state index contributed by atoms with van der Waals surface area (Å²) < 4.78 is 12.6. The summed E-state index contributed by atoms with van der Waals surface area (Å²) in [5, 5.41) is 3.02. The van der Waals surface area contributed by atoms with Crippen molar-refractivity contribution in [2.45, 2.75) is 52.4 Å². The number of ether oxygens (including phenoxy) is 2. The van der Waals surface area contributed by atoms with E-state index in [9.17, 15) is 14.4 Å². The Morgan fingerprint density at radius 3 is 2.83 bits per heavy atom. The highest BCUT2D eigenvalue weighted by molar-refractivity contribution is 5.96. The maximum Gasteiger partial charge on any atom is 0.410 e. The Balaban J connectivity index is 1.48. The highest BCUT2D eigenvalue weighted by Gasteiger charge is 2.36. The summed E-state index contributed by atoms with van der Waals surface area (Å²) in [6.07, 6.45) is -0.0163. The minimum Gasteiger partial charge on any atom is -0.444 e. The molecule has 2 aliphatic heterocycles. The van der Waals surface area contributed by atoms with E-state index in [2.05, 4.69) is 10.1 Å². The number of aryl methyl sites for hydroxylation is 1. The third-order valence-electron chi connectivity index (χ3n) is 5.20. The van der Waals surface area contributed by atoms with Gasteiger partial charge in [-0.15, -0.1) is 0 Å². The molecule has 0 unspecified atom stereocenters. The van der Waals surface area contributed by atoms with Crippen LogP contribution in [0, 0.1) is 0 Å². The van der Waals surface area contributed by atoms with Crippen LogP contribution in [0.4, 0.5) is 4.79 Å². The minimum atomic E-state index is -0.578. The van der Waals surface area contributed by atoms with Gasteiger partial charge in [-0.2, -0.15) is 0 Å². The van der Waals surface area contributed by atoms with E-state index in [0.29, 0.717) is 30.9 Å². The molecular weight excluding hydrogens is 390 g/mol. The number of hydrogen-bond donors (Lipinski definition) is 1. The third kappa shape index (κ3) is 3.79. The lowest BCUT2D eigenvalue weighted by molar-refractivity contribution is -0.0498. The number of fused-ring (bicyclic) bond motifs is 2. The van der Waals surface area contributed by atoms with Crippen molar-refractivity contribution >= 4 is 17.6 Å². The van der Waals surface area contributed by atoms with E-state index in [-0.39, 0.29) is 36.4 Å². The van der Waals surface area contributed by atoms with Crippen LogP contribution in [0.15, 0.2) is 10.9 Å². The minimum absolute atomic E-state index is 0.176. The number of rotatable bonds is 3. The number of carbonyl (C=O) groups is 2. The molecule has 2 aliphatic rings. The Hall–Kier alpha value is -2.88. The lowest BCUT2D eigenvalue weighted by Crippen LogP contribution is -2.50. The average molecular weight is 417 g/mol. The summed E-state index contributed by atoms with van der Waals surface area (Å²) in [6, 6.07) is 1.78. The van der Waals surface area contributed by atoms with Crippen molar-refractivity contribution in [3.8, 4) is 0 Å². The van der Waals surface area contributed by atoms with Crippen LogP contribution in [0.25, 0.3) is 5.65 Å². The maximum atomic E-state index is 12.9. The van der Waals surface area contributed by atoms with Gasteiger partial charge in [-0.1, -0.05) is 6.92 Å². The van der Waals surface area contributed by atoms with Gasteiger partial charge in [0.25, 0.3) is 11.5 Å². The molecule has 0 radical (unpaired) electrons. The lowest BCUT2D eigenvalue weighted by Gasteiger charge is -2.35. The highest BCUT2D eigenvalue weighted by Crippen LogP contribution is 2.21. The fourth-order valence-corrected chi connectivity index (χ4v) is 3.74. The predicted octanol–water partition coefficient (Wildman–Crippen LogP) is 1.18. The number of carbonyl (C=O) groups excluding carboxylic acids is 2. The van der Waals surface area contributed by atoms with Gasteiger partial charge in [0.2, 0.25) is 0 Å². The first-order chi connectivity index (χ1) is 14.2. The number of nitrogens with one attached hydrogen (secondary N) is 1. The molecule has 0 saturated carbocycles. The van der Waals surface area contributed by atoms with E-state index in [1.807, 2.05) is 27.7 Å². The Kier molecular flexibility index (Phi) is 5.05. The fourth-order valence-electron chi connectivity index (χ4n) is 3.74. The van der Waals surface area contributed by atoms with Crippen LogP contribution in [0.3, 0.4) is 0 Å². The average Bonchev–Trinajstić information content (AvgIpc) is 3.23. The molecule has 4 heterocycles. The van der Waals surface area contributed by atoms with E-state index in [0.717, 1.165) is 12.1 Å². The van der Waals surface area contributed by atoms with Gasteiger partial charge in [-0.25, -0.2) is 14.3 Å². The number of aromatic nitrogens is 3. The molecule has 2 aromatic rings. The van der Waals surface area contributed by atoms with Crippen molar-refractivity contribution < 1.29 is 19.1 Å². The molecule has 1 atom stereocenters. The molecule has 0 aliphatic carbocycles. The first-order valence-electron chi connectivity index (χ1n) is 10.2. The van der Waals surface area contributed by atoms with E-state index in [1.165, 1.54) is 4.52 Å². The third-order valence-corrected chi connectivity index (χ3v) is 5.20. The predicted molar refractivity (Wildman–Crippen MR) is 107 cm³/mol. The standard InChI is InChI=1S/C20H27N5O5/c1-5-12-8-15-21-16-14(17(26)25(15)22-12)11-24(18(16)27)10-13-9-23(6-7-29-13)19(28)30-20(2,3)4/h8,13,22H,5-7,9-11H2,1-4H3/t13-/m1/s1. The zero-order valence-electron chi connectivity index (χ0n) is 17.7. The number of morpholine rings is 1. The van der Waals surface area contributed by atoms with Gasteiger partial charge in [0.15, 0.2) is 5.65 Å². The zero-order chi connectivity index (χ0) is 21.6. The Morgan fingerprint density at radius 2 is 2.13 bits per heavy atom. The smallest absolute Gasteiger partial charge is 0.410 e. The number of nitrogens with zero attached hydrogens (tertiary/aromatic N) is 4. The zero-order valence-corrected chi connectivity index (χ0v) is 17.7. The van der Waals surface area contributed by atoms with Gasteiger partial charge >= 0.3 is 6.09 Å². The molecule has 0 spiro atoms. The molecule has 10 nitrogen and oxygen atoms in total. The van der Waals surface area contributed by atoms with Crippen molar-refractivity contribution in [2.24, 2.45) is 0 Å². The molecular formula is C20H27N5O5. The second-order valence-electron chi connectivity index (χ2n) is 8.68. The van der Waals surface area contributed by atoms with Crippen LogP contribution in [-0.4, -0.2) is 74.3 Å². The molecule has 162 valence electrons. The van der Waals surface area contributed by atoms with Crippen molar-refractivity contribution in [1.82, 2.24) is 24.4 Å². The molecule has 2 aromatic heterocycles. The highest BCUT2D eigenvalue weighted by atomic mass is 16.6. The number of aromatic amines is 1. The van der Waals surface area contributed by atoms with Gasteiger partial charge in [0.05, 0.1) is 31.4 Å². The molecule has 1 saturated heterocycles. The van der Waals surface area contributed by atoms with E-state index in [4.69, 9.17) is 9.47 Å². The molecule has 0 aromatic carbocycles. The van der Waals surface area contributed by atoms with Crippen molar-refractivity contribution in [1.29, 1.82) is 0 Å². The molecule has 30 heavy (non-hydrogen) atoms. The van der Waals surface area contributed by atoms with Crippen LogP contribution in [-0.2, 0) is 22.4 Å². The molecule has 1 fully saturated rings. The Bertz CT molecular complexity index is 1050. The van der Waals surface area contributed by atoms with Gasteiger partial charge < -0.3 is 19.3 Å². The summed E-state index contributed by atoms with van der Waals surface area (Å²) in [7, 11) is 0. The second kappa shape index (κ2) is 7.42. The molecule has 2 amide bonds. The van der Waals surface area contributed by atoms with Crippen molar-refractivity contribution in [3.63, 3.8) is 0 Å². The first-order valence-corrected chi connectivity index (χ1v) is 10.2. The SMILES string of the molecule is CCc1cc2nc3c(c(=O)n2[nH]1)CN(C[C@H]1CN(C(=O)OC(C)(C)C)CCO1)C3=O. The monoisotopic (exact) mass is 417 g/mol. The fraction of sp³-hybridized carbons (Fsp3) is 0.600. The van der Waals surface area contributed by atoms with E-state index in [1.54, 1.807) is 15.9 Å². The van der Waals surface area contributed by atoms with Crippen LogP contribution >= 0.6 is 0 Å². The number of amides is 2. The number of hydrogen-bond acceptors (Lipinski definition) is 6. The Morgan fingerprint density at radius 1 is 1.37 bits per heavy atom. The quantitative estimate of drug-likeness (QED) is 0.803. The van der Waals surface area contributed by atoms with Gasteiger partial charge in [-0.05, 0) is 27.2 Å². The van der Waals surface area contributed by atoms with Crippen LogP contribution in [0.2, 0.25) is 0 Å². The summed E-state index contributed by atoms with van der Waals surface area (Å²) >= 11 is 0. The van der Waals surface area contributed by atoms with E-state index >= 15 is 0 Å². The molecule has 4 rings (SSSR count). The second-order valence-corrected chi connectivity index (χ2v) is 8.68. The van der Waals surface area contributed by atoms with Crippen LogP contribution in [0.1, 0.15) is 49.4 Å². The van der Waals surface area contributed by atoms with Gasteiger partial charge in [0, 0.05) is 24.8 Å². The number of H-pyrrole nitrogens is 1. The largest absolute Gasteiger partial charge is 0.444 e. The molecule has 10 heteroatoms. The normalized spacial score (nSPS) is 19.5. The summed E-state index contributed by atoms with van der Waals surface area (Å²) in [5.74, 6) is -0.290. The topological polar surface area (TPSA) is 109 Å². The first kappa shape index (κ1) is 20.4. The van der Waals surface area contributed by atoms with Crippen molar-refractivity contribution in [2.75, 3.05) is 26.2 Å². The summed E-state index contributed by atoms with van der Waals surface area (Å²) in [4.78, 5) is 45.6. The summed E-state index contributed by atoms with van der Waals surface area (Å²) in [5.41, 5.74) is 1.06. The van der Waals surface area contributed by atoms with Crippen LogP contribution in [0.5, 0.6) is 0 Å². The van der Waals surface area contributed by atoms with Gasteiger partial charge in [0.1, 0.15) is 11.3 Å². The summed E-state index contributed by atoms with van der Waals surface area (Å²) in [6.45, 7) is 9.00. The maximum absolute atomic E-state index is 12.9. The van der Waals surface area contributed by atoms with Crippen LogP contribution < -0.4 is 5.56 Å². The van der Waals surface area contributed by atoms with Gasteiger partial charge in [-0.3, -0.25) is 14.7 Å². The molecule has 0 bridgehead atoms. The Labute approximate surface area is 173 Å². The van der Waals surface area contributed by atoms with E-state index < -0.39 is 11.7 Å². The van der Waals surface area contributed by atoms with Crippen molar-refractivity contribution in [3.05, 3.63) is 33.4 Å².